The molecule has 242 valence electrons. The van der Waals surface area contributed by atoms with E-state index in [9.17, 15) is 0 Å². The molecule has 0 unspecified atom stereocenters. The normalized spacial score (nSPS) is 12.5. The van der Waals surface area contributed by atoms with E-state index in [0.717, 1.165) is 50.0 Å². The molecule has 0 N–H and O–H groups in total. The van der Waals surface area contributed by atoms with E-state index in [1.165, 1.54) is 48.0 Å². The highest BCUT2D eigenvalue weighted by Gasteiger charge is 2.29. The molecule has 5 nitrogen and oxygen atoms in total. The van der Waals surface area contributed by atoms with Gasteiger partial charge in [0.05, 0.1) is 16.7 Å². The Morgan fingerprint density at radius 2 is 1.23 bits per heavy atom. The molecule has 1 aliphatic heterocycles. The summed E-state index contributed by atoms with van der Waals surface area (Å²) in [5.74, 6) is 0.607. The largest absolute Gasteiger partial charge is 0.452 e. The van der Waals surface area contributed by atoms with Gasteiger partial charge >= 0.3 is 0 Å². The van der Waals surface area contributed by atoms with Crippen LogP contribution >= 0.6 is 11.8 Å². The van der Waals surface area contributed by atoms with Gasteiger partial charge in [0.2, 0.25) is 5.95 Å². The van der Waals surface area contributed by atoms with Crippen LogP contribution in [0.15, 0.2) is 172 Å². The Morgan fingerprint density at radius 1 is 0.519 bits per heavy atom. The molecule has 0 aliphatic carbocycles. The lowest BCUT2D eigenvalue weighted by Crippen LogP contribution is -2.08. The summed E-state index contributed by atoms with van der Waals surface area (Å²) in [7, 11) is 0. The summed E-state index contributed by atoms with van der Waals surface area (Å²) in [6.07, 6.45) is 0. The third-order valence-electron chi connectivity index (χ3n) is 10.5. The van der Waals surface area contributed by atoms with Crippen LogP contribution in [0.25, 0.3) is 99.7 Å². The molecular formula is C46H26N4OS. The van der Waals surface area contributed by atoms with Gasteiger partial charge in [-0.15, -0.1) is 0 Å². The van der Waals surface area contributed by atoms with Crippen LogP contribution in [0.4, 0.5) is 0 Å². The fraction of sp³-hybridized carbons (Fsp3) is 0. The van der Waals surface area contributed by atoms with Crippen LogP contribution in [0.1, 0.15) is 0 Å². The molecule has 5 heterocycles. The minimum absolute atomic E-state index is 0.607. The smallest absolute Gasteiger partial charge is 0.237 e. The van der Waals surface area contributed by atoms with E-state index in [4.69, 9.17) is 14.4 Å². The van der Waals surface area contributed by atoms with Gasteiger partial charge in [0.25, 0.3) is 0 Å². The molecule has 7 aromatic carbocycles. The number of hydrogen-bond acceptors (Lipinski definition) is 4. The van der Waals surface area contributed by atoms with Gasteiger partial charge in [-0.1, -0.05) is 121 Å². The lowest BCUT2D eigenvalue weighted by atomic mass is 9.99. The van der Waals surface area contributed by atoms with Gasteiger partial charge in [-0.3, -0.25) is 9.13 Å². The second kappa shape index (κ2) is 10.4. The summed E-state index contributed by atoms with van der Waals surface area (Å²) < 4.78 is 11.3. The molecule has 0 radical (unpaired) electrons. The summed E-state index contributed by atoms with van der Waals surface area (Å²) in [6.45, 7) is 0. The molecule has 0 fully saturated rings. The maximum absolute atomic E-state index is 6.60. The van der Waals surface area contributed by atoms with Gasteiger partial charge in [0.1, 0.15) is 22.4 Å². The van der Waals surface area contributed by atoms with Crippen LogP contribution in [0.3, 0.4) is 0 Å². The highest BCUT2D eigenvalue weighted by atomic mass is 32.2. The maximum atomic E-state index is 6.60. The Balaban J connectivity index is 1.18. The van der Waals surface area contributed by atoms with Crippen molar-refractivity contribution in [1.82, 2.24) is 19.1 Å². The molecule has 0 saturated heterocycles. The molecule has 4 aromatic heterocycles. The molecule has 0 saturated carbocycles. The van der Waals surface area contributed by atoms with E-state index in [-0.39, 0.29) is 0 Å². The summed E-state index contributed by atoms with van der Waals surface area (Å²) in [4.78, 5) is 13.3. The van der Waals surface area contributed by atoms with Crippen LogP contribution in [-0.2, 0) is 0 Å². The fourth-order valence-corrected chi connectivity index (χ4v) is 9.30. The molecule has 0 bridgehead atoms. The van der Waals surface area contributed by atoms with Crippen molar-refractivity contribution in [2.24, 2.45) is 0 Å². The molecule has 12 rings (SSSR count). The van der Waals surface area contributed by atoms with Crippen molar-refractivity contribution in [3.63, 3.8) is 0 Å². The Bertz CT molecular complexity index is 3280. The number of aromatic nitrogens is 4. The predicted octanol–water partition coefficient (Wildman–Crippen LogP) is 12.4. The zero-order chi connectivity index (χ0) is 33.9. The van der Waals surface area contributed by atoms with Crippen LogP contribution in [0, 0.1) is 0 Å². The highest BCUT2D eigenvalue weighted by molar-refractivity contribution is 7.99. The number of furan rings is 1. The summed E-state index contributed by atoms with van der Waals surface area (Å²) in [6, 6.07) is 55.8. The standard InChI is InChI=1S/C46H26N4OS/c1-2-11-27(12-3-1)28-21-22-30-26-31(24-23-29(30)25-28)41-44-42(33-14-5-8-18-37(33)51-44)48-46(47-41)50-35-16-6-4-13-32(35)40-34-15-10-20-39-43(34)49(45(40)50)36-17-7-9-19-38(36)52-39/h1-26H. The van der Waals surface area contributed by atoms with E-state index in [2.05, 4.69) is 149 Å². The number of para-hydroxylation sites is 4. The second-order valence-corrected chi connectivity index (χ2v) is 14.5. The topological polar surface area (TPSA) is 48.8 Å². The van der Waals surface area contributed by atoms with Crippen LogP contribution in [-0.4, -0.2) is 19.1 Å². The number of rotatable bonds is 3. The fourth-order valence-electron chi connectivity index (χ4n) is 8.21. The first kappa shape index (κ1) is 28.1. The van der Waals surface area contributed by atoms with Crippen molar-refractivity contribution >= 4 is 77.4 Å². The predicted molar refractivity (Wildman–Crippen MR) is 213 cm³/mol. The summed E-state index contributed by atoms with van der Waals surface area (Å²) in [5, 5.41) is 6.87. The van der Waals surface area contributed by atoms with Gasteiger partial charge in [-0.25, -0.2) is 9.97 Å². The van der Waals surface area contributed by atoms with Crippen molar-refractivity contribution < 1.29 is 4.42 Å². The minimum atomic E-state index is 0.607. The van der Waals surface area contributed by atoms with Gasteiger partial charge < -0.3 is 4.42 Å². The third kappa shape index (κ3) is 3.84. The van der Waals surface area contributed by atoms with Crippen molar-refractivity contribution in [3.8, 4) is 34.0 Å². The Morgan fingerprint density at radius 3 is 2.13 bits per heavy atom. The Labute approximate surface area is 301 Å². The van der Waals surface area contributed by atoms with E-state index < -0.39 is 0 Å². The molecule has 1 aliphatic rings. The first-order valence-electron chi connectivity index (χ1n) is 17.4. The van der Waals surface area contributed by atoms with Crippen LogP contribution < -0.4 is 0 Å². The van der Waals surface area contributed by atoms with Crippen molar-refractivity contribution in [2.45, 2.75) is 9.79 Å². The van der Waals surface area contributed by atoms with Gasteiger partial charge in [0.15, 0.2) is 5.58 Å². The molecule has 0 atom stereocenters. The first-order chi connectivity index (χ1) is 25.8. The average molecular weight is 683 g/mol. The van der Waals surface area contributed by atoms with Crippen molar-refractivity contribution in [1.29, 1.82) is 0 Å². The van der Waals surface area contributed by atoms with Crippen LogP contribution in [0.5, 0.6) is 0 Å². The maximum Gasteiger partial charge on any atom is 0.237 e. The lowest BCUT2D eigenvalue weighted by Gasteiger charge is -2.20. The number of benzene rings is 7. The average Bonchev–Trinajstić information content (AvgIpc) is 3.86. The number of fused-ring (bicyclic) bond motifs is 11. The van der Waals surface area contributed by atoms with E-state index in [1.807, 2.05) is 30.0 Å². The SMILES string of the molecule is c1ccc(-c2ccc3cc(-c4nc(-n5c6ccccc6c6c7cccc8c7n(c65)-c5ccccc5S8)nc5c4oc4ccccc45)ccc3c2)cc1. The summed E-state index contributed by atoms with van der Waals surface area (Å²) in [5.41, 5.74) is 10.9. The molecule has 6 heteroatoms. The van der Waals surface area contributed by atoms with E-state index >= 15 is 0 Å². The summed E-state index contributed by atoms with van der Waals surface area (Å²) >= 11 is 1.83. The lowest BCUT2D eigenvalue weighted by molar-refractivity contribution is 0.666. The third-order valence-corrected chi connectivity index (χ3v) is 11.6. The van der Waals surface area contributed by atoms with Crippen molar-refractivity contribution in [3.05, 3.63) is 158 Å². The quantitative estimate of drug-likeness (QED) is 0.186. The van der Waals surface area contributed by atoms with Crippen molar-refractivity contribution in [2.75, 3.05) is 0 Å². The number of hydrogen-bond donors (Lipinski definition) is 0. The molecule has 0 amide bonds. The monoisotopic (exact) mass is 682 g/mol. The minimum Gasteiger partial charge on any atom is -0.452 e. The molecule has 11 aromatic rings. The molecule has 52 heavy (non-hydrogen) atoms. The molecular weight excluding hydrogens is 657 g/mol. The van der Waals surface area contributed by atoms with Gasteiger partial charge in [-0.2, -0.15) is 0 Å². The van der Waals surface area contributed by atoms with Gasteiger partial charge in [-0.05, 0) is 70.4 Å². The molecule has 0 spiro atoms. The Hall–Kier alpha value is -6.63. The zero-order valence-corrected chi connectivity index (χ0v) is 28.4. The zero-order valence-electron chi connectivity index (χ0n) is 27.6. The van der Waals surface area contributed by atoms with E-state index in [0.29, 0.717) is 11.5 Å². The van der Waals surface area contributed by atoms with E-state index in [1.54, 1.807) is 0 Å². The van der Waals surface area contributed by atoms with Crippen LogP contribution in [0.2, 0.25) is 0 Å². The Kier molecular flexibility index (Phi) is 5.65. The number of nitrogens with zero attached hydrogens (tertiary/aromatic N) is 4. The highest BCUT2D eigenvalue weighted by Crippen LogP contribution is 2.49. The van der Waals surface area contributed by atoms with Gasteiger partial charge in [0, 0.05) is 36.9 Å². The second-order valence-electron chi connectivity index (χ2n) is 13.4. The first-order valence-corrected chi connectivity index (χ1v) is 18.2.